The van der Waals surface area contributed by atoms with Crippen LogP contribution in [0.1, 0.15) is 32.1 Å². The van der Waals surface area contributed by atoms with Crippen LogP contribution in [0.2, 0.25) is 0 Å². The number of piperidine rings is 1. The highest BCUT2D eigenvalue weighted by molar-refractivity contribution is 5.79. The third-order valence-corrected chi connectivity index (χ3v) is 4.44. The number of nitrogens with zero attached hydrogens (tertiary/aromatic N) is 1. The van der Waals surface area contributed by atoms with Gasteiger partial charge in [-0.05, 0) is 45.2 Å². The molecule has 0 spiro atoms. The molecular formula is C14H24N2O2. The van der Waals surface area contributed by atoms with Crippen LogP contribution in [0.4, 0.5) is 0 Å². The monoisotopic (exact) mass is 252 g/mol. The second-order valence-corrected chi connectivity index (χ2v) is 5.98. The molecule has 2 saturated heterocycles. The van der Waals surface area contributed by atoms with Gasteiger partial charge in [0.1, 0.15) is 0 Å². The minimum Gasteiger partial charge on any atom is -0.381 e. The molecule has 3 rings (SSSR count). The number of rotatable bonds is 4. The standard InChI is InChI=1S/C14H24N2O2/c17-14(12-3-6-15-7-4-12)16(13-1-2-13)9-11-5-8-18-10-11/h11-13,15H,1-10H2. The van der Waals surface area contributed by atoms with Crippen molar-refractivity contribution in [3.05, 3.63) is 0 Å². The van der Waals surface area contributed by atoms with Gasteiger partial charge in [-0.1, -0.05) is 0 Å². The number of hydrogen-bond acceptors (Lipinski definition) is 3. The van der Waals surface area contributed by atoms with E-state index in [4.69, 9.17) is 4.74 Å². The van der Waals surface area contributed by atoms with Crippen molar-refractivity contribution in [2.45, 2.75) is 38.1 Å². The Morgan fingerprint density at radius 1 is 1.17 bits per heavy atom. The molecule has 3 fully saturated rings. The number of hydrogen-bond donors (Lipinski definition) is 1. The Bertz CT molecular complexity index is 292. The van der Waals surface area contributed by atoms with Crippen LogP contribution in [-0.2, 0) is 9.53 Å². The lowest BCUT2D eigenvalue weighted by atomic mass is 9.95. The summed E-state index contributed by atoms with van der Waals surface area (Å²) in [6.07, 6.45) is 5.59. The van der Waals surface area contributed by atoms with E-state index >= 15 is 0 Å². The lowest BCUT2D eigenvalue weighted by molar-refractivity contribution is -0.137. The summed E-state index contributed by atoms with van der Waals surface area (Å²) in [5.41, 5.74) is 0. The van der Waals surface area contributed by atoms with Crippen molar-refractivity contribution >= 4 is 5.91 Å². The zero-order chi connectivity index (χ0) is 12.4. The van der Waals surface area contributed by atoms with Crippen LogP contribution in [0.15, 0.2) is 0 Å². The van der Waals surface area contributed by atoms with Crippen molar-refractivity contribution in [2.24, 2.45) is 11.8 Å². The van der Waals surface area contributed by atoms with Crippen LogP contribution in [0.5, 0.6) is 0 Å². The number of ether oxygens (including phenoxy) is 1. The van der Waals surface area contributed by atoms with Crippen molar-refractivity contribution in [1.29, 1.82) is 0 Å². The van der Waals surface area contributed by atoms with E-state index in [-0.39, 0.29) is 5.92 Å². The van der Waals surface area contributed by atoms with Crippen LogP contribution in [0, 0.1) is 11.8 Å². The molecule has 3 aliphatic rings. The summed E-state index contributed by atoms with van der Waals surface area (Å²) >= 11 is 0. The molecule has 0 bridgehead atoms. The van der Waals surface area contributed by atoms with Gasteiger partial charge in [-0.25, -0.2) is 0 Å². The molecule has 1 aliphatic carbocycles. The van der Waals surface area contributed by atoms with Crippen LogP contribution in [0.25, 0.3) is 0 Å². The van der Waals surface area contributed by atoms with Crippen molar-refractivity contribution in [1.82, 2.24) is 10.2 Å². The first-order chi connectivity index (χ1) is 8.84. The Labute approximate surface area is 109 Å². The molecule has 1 atom stereocenters. The summed E-state index contributed by atoms with van der Waals surface area (Å²) in [5, 5.41) is 3.34. The van der Waals surface area contributed by atoms with Gasteiger partial charge < -0.3 is 15.0 Å². The van der Waals surface area contributed by atoms with E-state index in [0.29, 0.717) is 17.9 Å². The molecular weight excluding hydrogens is 228 g/mol. The molecule has 0 aromatic rings. The number of amides is 1. The molecule has 4 heteroatoms. The normalized spacial score (nSPS) is 29.4. The maximum atomic E-state index is 12.6. The van der Waals surface area contributed by atoms with Crippen LogP contribution in [0.3, 0.4) is 0 Å². The van der Waals surface area contributed by atoms with E-state index in [0.717, 1.165) is 52.1 Å². The van der Waals surface area contributed by atoms with Crippen LogP contribution in [-0.4, -0.2) is 49.7 Å². The van der Waals surface area contributed by atoms with Gasteiger partial charge in [0.15, 0.2) is 0 Å². The van der Waals surface area contributed by atoms with Crippen LogP contribution >= 0.6 is 0 Å². The number of nitrogens with one attached hydrogen (secondary N) is 1. The molecule has 18 heavy (non-hydrogen) atoms. The average molecular weight is 252 g/mol. The third kappa shape index (κ3) is 2.86. The number of carbonyl (C=O) groups is 1. The van der Waals surface area contributed by atoms with Gasteiger partial charge in [0.2, 0.25) is 5.91 Å². The van der Waals surface area contributed by atoms with E-state index in [2.05, 4.69) is 10.2 Å². The molecule has 1 saturated carbocycles. The van der Waals surface area contributed by atoms with Gasteiger partial charge in [0.25, 0.3) is 0 Å². The fourth-order valence-corrected chi connectivity index (χ4v) is 3.11. The lowest BCUT2D eigenvalue weighted by Gasteiger charge is -2.31. The summed E-state index contributed by atoms with van der Waals surface area (Å²) in [4.78, 5) is 14.8. The predicted octanol–water partition coefficient (Wildman–Crippen LogP) is 1.01. The maximum Gasteiger partial charge on any atom is 0.226 e. The second-order valence-electron chi connectivity index (χ2n) is 5.98. The Kier molecular flexibility index (Phi) is 3.85. The van der Waals surface area contributed by atoms with E-state index in [9.17, 15) is 4.79 Å². The molecule has 2 aliphatic heterocycles. The second kappa shape index (κ2) is 5.57. The maximum absolute atomic E-state index is 12.6. The molecule has 1 amide bonds. The van der Waals surface area contributed by atoms with E-state index < -0.39 is 0 Å². The van der Waals surface area contributed by atoms with Crippen molar-refractivity contribution in [2.75, 3.05) is 32.8 Å². The van der Waals surface area contributed by atoms with Gasteiger partial charge in [-0.3, -0.25) is 4.79 Å². The van der Waals surface area contributed by atoms with Gasteiger partial charge in [-0.2, -0.15) is 0 Å². The summed E-state index contributed by atoms with van der Waals surface area (Å²) in [5.74, 6) is 1.27. The highest BCUT2D eigenvalue weighted by Crippen LogP contribution is 2.31. The Morgan fingerprint density at radius 3 is 2.56 bits per heavy atom. The minimum atomic E-state index is 0.272. The van der Waals surface area contributed by atoms with Gasteiger partial charge >= 0.3 is 0 Å². The zero-order valence-electron chi connectivity index (χ0n) is 11.1. The lowest BCUT2D eigenvalue weighted by Crippen LogP contribution is -2.44. The smallest absolute Gasteiger partial charge is 0.226 e. The molecule has 102 valence electrons. The fourth-order valence-electron chi connectivity index (χ4n) is 3.11. The van der Waals surface area contributed by atoms with E-state index in [1.807, 2.05) is 0 Å². The third-order valence-electron chi connectivity index (χ3n) is 4.44. The van der Waals surface area contributed by atoms with Crippen LogP contribution < -0.4 is 5.32 Å². The first-order valence-electron chi connectivity index (χ1n) is 7.43. The molecule has 1 N–H and O–H groups in total. The molecule has 0 aromatic carbocycles. The van der Waals surface area contributed by atoms with Crippen molar-refractivity contribution in [3.8, 4) is 0 Å². The Morgan fingerprint density at radius 2 is 1.94 bits per heavy atom. The Balaban J connectivity index is 1.59. The topological polar surface area (TPSA) is 41.6 Å². The largest absolute Gasteiger partial charge is 0.381 e. The Hall–Kier alpha value is -0.610. The minimum absolute atomic E-state index is 0.272. The first-order valence-corrected chi connectivity index (χ1v) is 7.43. The number of carbonyl (C=O) groups excluding carboxylic acids is 1. The van der Waals surface area contributed by atoms with Crippen molar-refractivity contribution < 1.29 is 9.53 Å². The first kappa shape index (κ1) is 12.4. The molecule has 1 unspecified atom stereocenters. The molecule has 2 heterocycles. The van der Waals surface area contributed by atoms with Gasteiger partial charge in [0.05, 0.1) is 6.61 Å². The zero-order valence-corrected chi connectivity index (χ0v) is 11.1. The summed E-state index contributed by atoms with van der Waals surface area (Å²) in [6.45, 7) is 4.67. The molecule has 0 aromatic heterocycles. The molecule has 0 radical (unpaired) electrons. The van der Waals surface area contributed by atoms with Crippen molar-refractivity contribution in [3.63, 3.8) is 0 Å². The highest BCUT2D eigenvalue weighted by atomic mass is 16.5. The fraction of sp³-hybridized carbons (Fsp3) is 0.929. The summed E-state index contributed by atoms with van der Waals surface area (Å²) in [7, 11) is 0. The van der Waals surface area contributed by atoms with E-state index in [1.54, 1.807) is 0 Å². The summed E-state index contributed by atoms with van der Waals surface area (Å²) < 4.78 is 5.44. The predicted molar refractivity (Wildman–Crippen MR) is 69.3 cm³/mol. The molecule has 4 nitrogen and oxygen atoms in total. The van der Waals surface area contributed by atoms with E-state index in [1.165, 1.54) is 12.8 Å². The summed E-state index contributed by atoms with van der Waals surface area (Å²) in [6, 6.07) is 0.549. The highest BCUT2D eigenvalue weighted by Gasteiger charge is 2.37. The van der Waals surface area contributed by atoms with Gasteiger partial charge in [-0.15, -0.1) is 0 Å². The van der Waals surface area contributed by atoms with Gasteiger partial charge in [0, 0.05) is 31.0 Å². The SMILES string of the molecule is O=C(C1CCNCC1)N(CC1CCOC1)C1CC1. The average Bonchev–Trinajstić information content (AvgIpc) is 3.13. The quantitative estimate of drug-likeness (QED) is 0.812.